The van der Waals surface area contributed by atoms with E-state index in [9.17, 15) is 14.0 Å². The molecule has 218 valence electrons. The smallest absolute Gasteiger partial charge is 0.162 e. The van der Waals surface area contributed by atoms with Gasteiger partial charge in [-0.2, -0.15) is 0 Å². The fraction of sp³-hybridized carbons (Fsp3) is 0.471. The number of hydrogen-bond donors (Lipinski definition) is 0. The highest BCUT2D eigenvalue weighted by atomic mass is 19.1. The number of ether oxygens (including phenoxy) is 3. The zero-order chi connectivity index (χ0) is 29.5. The normalized spacial score (nSPS) is 20.2. The molecule has 0 atom stereocenters. The van der Waals surface area contributed by atoms with Gasteiger partial charge in [-0.3, -0.25) is 9.59 Å². The molecule has 2 aromatic carbocycles. The van der Waals surface area contributed by atoms with E-state index in [1.54, 1.807) is 26.4 Å². The Morgan fingerprint density at radius 3 is 1.95 bits per heavy atom. The zero-order valence-electron chi connectivity index (χ0n) is 24.9. The van der Waals surface area contributed by atoms with E-state index < -0.39 is 5.92 Å². The first-order valence-electron chi connectivity index (χ1n) is 14.3. The third kappa shape index (κ3) is 5.82. The van der Waals surface area contributed by atoms with Crippen LogP contribution in [0.4, 0.5) is 4.39 Å². The highest BCUT2D eigenvalue weighted by Crippen LogP contribution is 2.54. The van der Waals surface area contributed by atoms with Crippen LogP contribution in [0.25, 0.3) is 0 Å². The van der Waals surface area contributed by atoms with Crippen molar-refractivity contribution in [1.29, 1.82) is 0 Å². The number of hydrogen-bond acceptors (Lipinski definition) is 6. The topological polar surface area (TPSA) is 65.1 Å². The van der Waals surface area contributed by atoms with E-state index in [2.05, 4.69) is 32.6 Å². The fourth-order valence-electron chi connectivity index (χ4n) is 6.56. The number of rotatable bonds is 8. The lowest BCUT2D eigenvalue weighted by atomic mass is 9.63. The molecule has 7 heteroatoms. The van der Waals surface area contributed by atoms with Gasteiger partial charge in [-0.15, -0.1) is 0 Å². The third-order valence-corrected chi connectivity index (χ3v) is 8.37. The van der Waals surface area contributed by atoms with Crippen LogP contribution in [0.2, 0.25) is 0 Å². The standard InChI is InChI=1S/C34H40FNO5/c1-33(2)16-24-31(26(37)18-33)30(32-25(36(24)13-14-39-5)17-34(3,4)19-27(32)38)22-9-12-28(29(15-22)40-6)41-20-21-7-10-23(35)11-8-21/h7-12,15,30H,13-14,16-20H2,1-6H3. The summed E-state index contributed by atoms with van der Waals surface area (Å²) >= 11 is 0. The van der Waals surface area contributed by atoms with Crippen molar-refractivity contribution in [2.45, 2.75) is 65.9 Å². The van der Waals surface area contributed by atoms with Crippen molar-refractivity contribution < 1.29 is 28.2 Å². The fourth-order valence-corrected chi connectivity index (χ4v) is 6.56. The van der Waals surface area contributed by atoms with E-state index in [0.29, 0.717) is 48.6 Å². The molecule has 0 unspecified atom stereocenters. The molecular formula is C34H40FNO5. The van der Waals surface area contributed by atoms with Crippen LogP contribution in [-0.4, -0.2) is 43.8 Å². The minimum absolute atomic E-state index is 0.0865. The molecule has 1 heterocycles. The van der Waals surface area contributed by atoms with E-state index in [4.69, 9.17) is 14.2 Å². The summed E-state index contributed by atoms with van der Waals surface area (Å²) in [6.07, 6.45) is 2.35. The molecule has 0 N–H and O–H groups in total. The molecule has 0 bridgehead atoms. The Hall–Kier alpha value is -3.45. The average Bonchev–Trinajstić information content (AvgIpc) is 2.90. The van der Waals surface area contributed by atoms with Crippen LogP contribution in [0, 0.1) is 16.6 Å². The number of ketones is 2. The highest BCUT2D eigenvalue weighted by molar-refractivity contribution is 6.06. The van der Waals surface area contributed by atoms with Crippen molar-refractivity contribution in [1.82, 2.24) is 4.90 Å². The predicted molar refractivity (Wildman–Crippen MR) is 155 cm³/mol. The molecule has 0 saturated carbocycles. The Kier molecular flexibility index (Phi) is 7.86. The molecular weight excluding hydrogens is 521 g/mol. The molecule has 0 amide bonds. The summed E-state index contributed by atoms with van der Waals surface area (Å²) in [7, 11) is 3.25. The van der Waals surface area contributed by atoms with E-state index in [0.717, 1.165) is 35.4 Å². The van der Waals surface area contributed by atoms with Crippen LogP contribution in [-0.2, 0) is 20.9 Å². The van der Waals surface area contributed by atoms with Gasteiger partial charge in [0.2, 0.25) is 0 Å². The largest absolute Gasteiger partial charge is 0.493 e. The van der Waals surface area contributed by atoms with E-state index in [-0.39, 0.29) is 34.8 Å². The molecule has 0 fully saturated rings. The highest BCUT2D eigenvalue weighted by Gasteiger charge is 2.49. The molecule has 0 saturated heterocycles. The van der Waals surface area contributed by atoms with Crippen molar-refractivity contribution in [3.63, 3.8) is 0 Å². The number of benzene rings is 2. The number of allylic oxidation sites excluding steroid dienone is 4. The maximum Gasteiger partial charge on any atom is 0.162 e. The van der Waals surface area contributed by atoms with Crippen molar-refractivity contribution in [2.24, 2.45) is 10.8 Å². The Morgan fingerprint density at radius 1 is 0.829 bits per heavy atom. The minimum Gasteiger partial charge on any atom is -0.493 e. The molecule has 3 aliphatic rings. The number of Topliss-reactive ketones (excluding diaryl/α,β-unsaturated/α-hetero) is 2. The number of methoxy groups -OCH3 is 2. The SMILES string of the molecule is COCCN1C2=C(C(=O)CC(C)(C)C2)C(c2ccc(OCc3ccc(F)cc3)c(OC)c2)C2=C1CC(C)(C)CC2=O. The van der Waals surface area contributed by atoms with E-state index in [1.165, 1.54) is 12.1 Å². The first kappa shape index (κ1) is 29.1. The van der Waals surface area contributed by atoms with Crippen LogP contribution in [0.15, 0.2) is 65.0 Å². The van der Waals surface area contributed by atoms with Crippen LogP contribution in [0.5, 0.6) is 11.5 Å². The molecule has 5 rings (SSSR count). The van der Waals surface area contributed by atoms with Gasteiger partial charge >= 0.3 is 0 Å². The van der Waals surface area contributed by atoms with E-state index in [1.807, 2.05) is 18.2 Å². The quantitative estimate of drug-likeness (QED) is 0.356. The van der Waals surface area contributed by atoms with Gasteiger partial charge in [0, 0.05) is 55.0 Å². The van der Waals surface area contributed by atoms with Crippen LogP contribution in [0.1, 0.15) is 70.4 Å². The number of nitrogens with zero attached hydrogens (tertiary/aromatic N) is 1. The summed E-state index contributed by atoms with van der Waals surface area (Å²) in [6.45, 7) is 9.87. The molecule has 2 aliphatic carbocycles. The molecule has 41 heavy (non-hydrogen) atoms. The number of carbonyl (C=O) groups is 2. The maximum absolute atomic E-state index is 13.9. The Bertz CT molecular complexity index is 1370. The Balaban J connectivity index is 1.61. The predicted octanol–water partition coefficient (Wildman–Crippen LogP) is 6.75. The summed E-state index contributed by atoms with van der Waals surface area (Å²) in [5.41, 5.74) is 4.74. The first-order valence-corrected chi connectivity index (χ1v) is 14.3. The van der Waals surface area contributed by atoms with Crippen LogP contribution in [0.3, 0.4) is 0 Å². The molecule has 6 nitrogen and oxygen atoms in total. The first-order chi connectivity index (χ1) is 19.4. The van der Waals surface area contributed by atoms with Gasteiger partial charge in [-0.25, -0.2) is 4.39 Å². The van der Waals surface area contributed by atoms with Gasteiger partial charge < -0.3 is 19.1 Å². The zero-order valence-corrected chi connectivity index (χ0v) is 24.9. The molecule has 0 aromatic heterocycles. The summed E-state index contributed by atoms with van der Waals surface area (Å²) in [4.78, 5) is 30.1. The second-order valence-corrected chi connectivity index (χ2v) is 13.0. The van der Waals surface area contributed by atoms with Gasteiger partial charge in [0.1, 0.15) is 12.4 Å². The number of halogens is 1. The molecule has 1 aliphatic heterocycles. The van der Waals surface area contributed by atoms with Crippen molar-refractivity contribution in [2.75, 3.05) is 27.4 Å². The van der Waals surface area contributed by atoms with Gasteiger partial charge in [0.15, 0.2) is 23.1 Å². The van der Waals surface area contributed by atoms with Gasteiger partial charge in [0.25, 0.3) is 0 Å². The summed E-state index contributed by atoms with van der Waals surface area (Å²) in [5, 5.41) is 0. The second kappa shape index (κ2) is 11.1. The van der Waals surface area contributed by atoms with Gasteiger partial charge in [-0.05, 0) is 59.1 Å². The maximum atomic E-state index is 13.9. The summed E-state index contributed by atoms with van der Waals surface area (Å²) < 4.78 is 30.6. The average molecular weight is 562 g/mol. The van der Waals surface area contributed by atoms with Gasteiger partial charge in [0.05, 0.1) is 13.7 Å². The van der Waals surface area contributed by atoms with Crippen molar-refractivity contribution in [3.05, 3.63) is 81.9 Å². The molecule has 0 radical (unpaired) electrons. The molecule has 2 aromatic rings. The molecule has 0 spiro atoms. The summed E-state index contributed by atoms with van der Waals surface area (Å²) in [6, 6.07) is 11.8. The van der Waals surface area contributed by atoms with Crippen LogP contribution < -0.4 is 9.47 Å². The van der Waals surface area contributed by atoms with Crippen molar-refractivity contribution in [3.8, 4) is 11.5 Å². The van der Waals surface area contributed by atoms with E-state index >= 15 is 0 Å². The monoisotopic (exact) mass is 561 g/mol. The van der Waals surface area contributed by atoms with Crippen molar-refractivity contribution >= 4 is 11.6 Å². The number of carbonyl (C=O) groups excluding carboxylic acids is 2. The lowest BCUT2D eigenvalue weighted by molar-refractivity contribution is -0.119. The minimum atomic E-state index is -0.467. The van der Waals surface area contributed by atoms with Crippen LogP contribution >= 0.6 is 0 Å². The van der Waals surface area contributed by atoms with Gasteiger partial charge in [-0.1, -0.05) is 45.9 Å². The lowest BCUT2D eigenvalue weighted by Gasteiger charge is -2.49. The summed E-state index contributed by atoms with van der Waals surface area (Å²) in [5.74, 6) is 0.460. The second-order valence-electron chi connectivity index (χ2n) is 13.0. The Morgan fingerprint density at radius 2 is 1.41 bits per heavy atom. The lowest BCUT2D eigenvalue weighted by Crippen LogP contribution is -2.45. The third-order valence-electron chi connectivity index (χ3n) is 8.37. The Labute approximate surface area is 242 Å².